The number of aromatic nitrogens is 1. The molecule has 106 valence electrons. The Hall–Kier alpha value is -1.49. The van der Waals surface area contributed by atoms with Gasteiger partial charge in [-0.15, -0.1) is 12.4 Å². The first kappa shape index (κ1) is 16.6. The highest BCUT2D eigenvalue weighted by molar-refractivity contribution is 6.35. The lowest BCUT2D eigenvalue weighted by Gasteiger charge is -2.08. The number of ether oxygens (including phenoxy) is 1. The molecule has 1 aromatic carbocycles. The van der Waals surface area contributed by atoms with Gasteiger partial charge >= 0.3 is 0 Å². The lowest BCUT2D eigenvalue weighted by Crippen LogP contribution is -2.20. The van der Waals surface area contributed by atoms with Gasteiger partial charge in [0.05, 0.1) is 16.9 Å². The first-order valence-corrected chi connectivity index (χ1v) is 6.18. The van der Waals surface area contributed by atoms with Crippen molar-refractivity contribution in [2.45, 2.75) is 0 Å². The third kappa shape index (κ3) is 4.89. The molecule has 0 aliphatic rings. The van der Waals surface area contributed by atoms with E-state index in [9.17, 15) is 4.79 Å². The largest absolute Gasteiger partial charge is 0.482 e. The van der Waals surface area contributed by atoms with Crippen molar-refractivity contribution in [2.24, 2.45) is 0 Å². The number of hydrogen-bond donors (Lipinski definition) is 1. The number of anilines is 1. The minimum absolute atomic E-state index is 0. The molecule has 0 unspecified atom stereocenters. The topological polar surface area (TPSA) is 51.2 Å². The Morgan fingerprint density at radius 1 is 1.30 bits per heavy atom. The summed E-state index contributed by atoms with van der Waals surface area (Å²) in [6.07, 6.45) is 3.17. The van der Waals surface area contributed by atoms with Crippen LogP contribution in [0.5, 0.6) is 5.75 Å². The van der Waals surface area contributed by atoms with E-state index in [1.54, 1.807) is 42.7 Å². The fraction of sp³-hybridized carbons (Fsp3) is 0.0769. The molecular weight excluding hydrogens is 323 g/mol. The smallest absolute Gasteiger partial charge is 0.262 e. The fourth-order valence-electron chi connectivity index (χ4n) is 1.37. The molecule has 0 saturated carbocycles. The van der Waals surface area contributed by atoms with Crippen molar-refractivity contribution in [1.82, 2.24) is 4.98 Å². The number of carbonyl (C=O) groups excluding carboxylic acids is 1. The van der Waals surface area contributed by atoms with Crippen molar-refractivity contribution in [3.63, 3.8) is 0 Å². The zero-order chi connectivity index (χ0) is 13.7. The summed E-state index contributed by atoms with van der Waals surface area (Å²) < 4.78 is 5.30. The van der Waals surface area contributed by atoms with Crippen LogP contribution in [0.1, 0.15) is 0 Å². The molecular formula is C13H11Cl3N2O2. The first-order chi connectivity index (χ1) is 9.15. The molecule has 0 bridgehead atoms. The zero-order valence-corrected chi connectivity index (χ0v) is 12.5. The second-order valence-electron chi connectivity index (χ2n) is 3.65. The van der Waals surface area contributed by atoms with Crippen molar-refractivity contribution >= 4 is 47.2 Å². The highest BCUT2D eigenvalue weighted by atomic mass is 35.5. The number of halogens is 3. The predicted octanol–water partition coefficient (Wildman–Crippen LogP) is 3.83. The second-order valence-corrected chi connectivity index (χ2v) is 4.50. The number of nitrogens with one attached hydrogen (secondary N) is 1. The average Bonchev–Trinajstić information content (AvgIpc) is 2.39. The predicted molar refractivity (Wildman–Crippen MR) is 82.1 cm³/mol. The summed E-state index contributed by atoms with van der Waals surface area (Å²) in [4.78, 5) is 15.5. The van der Waals surface area contributed by atoms with Gasteiger partial charge in [0.25, 0.3) is 5.91 Å². The summed E-state index contributed by atoms with van der Waals surface area (Å²) in [6, 6.07) is 8.27. The molecule has 1 amide bonds. The Kier molecular flexibility index (Phi) is 6.58. The van der Waals surface area contributed by atoms with Crippen LogP contribution >= 0.6 is 35.6 Å². The molecule has 20 heavy (non-hydrogen) atoms. The van der Waals surface area contributed by atoms with Gasteiger partial charge in [-0.1, -0.05) is 23.2 Å². The molecule has 0 fully saturated rings. The quantitative estimate of drug-likeness (QED) is 0.925. The summed E-state index contributed by atoms with van der Waals surface area (Å²) in [6.45, 7) is -0.143. The Labute approximate surface area is 132 Å². The maximum Gasteiger partial charge on any atom is 0.262 e. The number of pyridine rings is 1. The van der Waals surface area contributed by atoms with Gasteiger partial charge in [-0.3, -0.25) is 9.78 Å². The number of carbonyl (C=O) groups is 1. The number of hydrogen-bond acceptors (Lipinski definition) is 3. The highest BCUT2D eigenvalue weighted by Gasteiger charge is 2.06. The van der Waals surface area contributed by atoms with E-state index in [-0.39, 0.29) is 24.9 Å². The normalized spacial score (nSPS) is 9.50. The van der Waals surface area contributed by atoms with Crippen LogP contribution in [0.25, 0.3) is 0 Å². The Morgan fingerprint density at radius 3 is 2.75 bits per heavy atom. The number of benzene rings is 1. The molecule has 7 heteroatoms. The molecule has 4 nitrogen and oxygen atoms in total. The standard InChI is InChI=1S/C13H10Cl2N2O2.ClH/c14-9-3-4-12(11(15)6-9)19-8-13(18)17-10-2-1-5-16-7-10;/h1-7H,8H2,(H,17,18);1H. The van der Waals surface area contributed by atoms with Crippen molar-refractivity contribution < 1.29 is 9.53 Å². The zero-order valence-electron chi connectivity index (χ0n) is 10.2. The summed E-state index contributed by atoms with van der Waals surface area (Å²) in [7, 11) is 0. The lowest BCUT2D eigenvalue weighted by molar-refractivity contribution is -0.118. The molecule has 2 rings (SSSR count). The van der Waals surface area contributed by atoms with Gasteiger partial charge in [0.15, 0.2) is 6.61 Å². The second kappa shape index (κ2) is 7.94. The Bertz CT molecular complexity index is 579. The Balaban J connectivity index is 0.00000200. The molecule has 0 radical (unpaired) electrons. The minimum atomic E-state index is -0.293. The summed E-state index contributed by atoms with van der Waals surface area (Å²) >= 11 is 11.7. The molecule has 1 heterocycles. The van der Waals surface area contributed by atoms with Gasteiger partial charge in [-0.05, 0) is 30.3 Å². The van der Waals surface area contributed by atoms with Crippen LogP contribution in [0.3, 0.4) is 0 Å². The van der Waals surface area contributed by atoms with Gasteiger partial charge in [0.2, 0.25) is 0 Å². The molecule has 2 aromatic rings. The maximum absolute atomic E-state index is 11.6. The van der Waals surface area contributed by atoms with Crippen LogP contribution in [0.2, 0.25) is 10.0 Å². The Morgan fingerprint density at radius 2 is 2.10 bits per heavy atom. The molecule has 0 saturated heterocycles. The summed E-state index contributed by atoms with van der Waals surface area (Å²) in [5.41, 5.74) is 0.610. The number of amides is 1. The SMILES string of the molecule is Cl.O=C(COc1ccc(Cl)cc1Cl)Nc1cccnc1. The molecule has 1 aromatic heterocycles. The van der Waals surface area contributed by atoms with Crippen LogP contribution in [-0.2, 0) is 4.79 Å². The van der Waals surface area contributed by atoms with Crippen LogP contribution < -0.4 is 10.1 Å². The van der Waals surface area contributed by atoms with Gasteiger partial charge in [-0.25, -0.2) is 0 Å². The third-order valence-corrected chi connectivity index (χ3v) is 2.73. The molecule has 0 spiro atoms. The lowest BCUT2D eigenvalue weighted by atomic mass is 10.3. The van der Waals surface area contributed by atoms with Crippen molar-refractivity contribution in [1.29, 1.82) is 0 Å². The summed E-state index contributed by atoms with van der Waals surface area (Å²) in [5, 5.41) is 3.52. The maximum atomic E-state index is 11.6. The van der Waals surface area contributed by atoms with Crippen LogP contribution in [0.15, 0.2) is 42.7 Å². The van der Waals surface area contributed by atoms with Crippen molar-refractivity contribution in [3.05, 3.63) is 52.8 Å². The van der Waals surface area contributed by atoms with Crippen LogP contribution in [0.4, 0.5) is 5.69 Å². The van der Waals surface area contributed by atoms with E-state index in [0.29, 0.717) is 21.5 Å². The molecule has 0 atom stereocenters. The van der Waals surface area contributed by atoms with E-state index >= 15 is 0 Å². The van der Waals surface area contributed by atoms with E-state index in [4.69, 9.17) is 27.9 Å². The van der Waals surface area contributed by atoms with Gasteiger partial charge < -0.3 is 10.1 Å². The minimum Gasteiger partial charge on any atom is -0.482 e. The first-order valence-electron chi connectivity index (χ1n) is 5.43. The van der Waals surface area contributed by atoms with Crippen LogP contribution in [-0.4, -0.2) is 17.5 Å². The highest BCUT2D eigenvalue weighted by Crippen LogP contribution is 2.27. The molecule has 0 aliphatic heterocycles. The van der Waals surface area contributed by atoms with E-state index < -0.39 is 0 Å². The van der Waals surface area contributed by atoms with Crippen LogP contribution in [0, 0.1) is 0 Å². The van der Waals surface area contributed by atoms with Crippen molar-refractivity contribution in [2.75, 3.05) is 11.9 Å². The van der Waals surface area contributed by atoms with E-state index in [1.165, 1.54) is 0 Å². The van der Waals surface area contributed by atoms with E-state index in [0.717, 1.165) is 0 Å². The number of nitrogens with zero attached hydrogens (tertiary/aromatic N) is 1. The fourth-order valence-corrected chi connectivity index (χ4v) is 1.83. The van der Waals surface area contributed by atoms with E-state index in [2.05, 4.69) is 10.3 Å². The summed E-state index contributed by atoms with van der Waals surface area (Å²) in [5.74, 6) is 0.117. The molecule has 1 N–H and O–H groups in total. The van der Waals surface area contributed by atoms with Crippen molar-refractivity contribution in [3.8, 4) is 5.75 Å². The molecule has 0 aliphatic carbocycles. The monoisotopic (exact) mass is 332 g/mol. The third-order valence-electron chi connectivity index (χ3n) is 2.20. The van der Waals surface area contributed by atoms with Gasteiger partial charge in [0, 0.05) is 11.2 Å². The van der Waals surface area contributed by atoms with Gasteiger partial charge in [0.1, 0.15) is 5.75 Å². The number of rotatable bonds is 4. The average molecular weight is 334 g/mol. The van der Waals surface area contributed by atoms with Gasteiger partial charge in [-0.2, -0.15) is 0 Å². The van der Waals surface area contributed by atoms with E-state index in [1.807, 2.05) is 0 Å².